The molecule has 1 atom stereocenters. The molecule has 1 aliphatic carbocycles. The maximum Gasteiger partial charge on any atom is 0.221 e. The van der Waals surface area contributed by atoms with E-state index in [0.29, 0.717) is 12.1 Å². The molecule has 27 heavy (non-hydrogen) atoms. The Labute approximate surface area is 157 Å². The van der Waals surface area contributed by atoms with Gasteiger partial charge in [-0.2, -0.15) is 0 Å². The fourth-order valence-corrected chi connectivity index (χ4v) is 3.26. The lowest BCUT2D eigenvalue weighted by atomic mass is 10.00. The van der Waals surface area contributed by atoms with Gasteiger partial charge >= 0.3 is 0 Å². The van der Waals surface area contributed by atoms with Crippen LogP contribution in [0.25, 0.3) is 0 Å². The van der Waals surface area contributed by atoms with Gasteiger partial charge in [-0.1, -0.05) is 24.3 Å². The third-order valence-electron chi connectivity index (χ3n) is 4.81. The molecule has 0 saturated heterocycles. The molecule has 3 rings (SSSR count). The first-order valence-corrected chi connectivity index (χ1v) is 8.95. The van der Waals surface area contributed by atoms with E-state index in [1.165, 1.54) is 12.1 Å². The molecule has 0 bridgehead atoms. The molecule has 2 aromatic rings. The lowest BCUT2D eigenvalue weighted by Gasteiger charge is -2.21. The van der Waals surface area contributed by atoms with Crippen LogP contribution in [0.5, 0.6) is 0 Å². The summed E-state index contributed by atoms with van der Waals surface area (Å²) in [5, 5.41) is 13.6. The third kappa shape index (κ3) is 5.34. The van der Waals surface area contributed by atoms with Crippen LogP contribution in [-0.2, 0) is 23.2 Å². The van der Waals surface area contributed by atoms with Gasteiger partial charge in [0.05, 0.1) is 12.5 Å². The van der Waals surface area contributed by atoms with Gasteiger partial charge in [0.25, 0.3) is 0 Å². The number of carbonyl (C=O) groups excluding carboxylic acids is 1. The SMILES string of the molecule is NC(=O)Cc1cccc(C2(NCC(O)[CH]Cc3cc(F)cc(F)c3)CC2)c1. The van der Waals surface area contributed by atoms with Crippen molar-refractivity contribution >= 4 is 5.91 Å². The molecular formula is C21H23F2N2O2. The van der Waals surface area contributed by atoms with Crippen molar-refractivity contribution in [2.45, 2.75) is 37.3 Å². The van der Waals surface area contributed by atoms with E-state index in [4.69, 9.17) is 5.73 Å². The summed E-state index contributed by atoms with van der Waals surface area (Å²) in [6, 6.07) is 11.1. The number of halogens is 2. The minimum absolute atomic E-state index is 0.199. The summed E-state index contributed by atoms with van der Waals surface area (Å²) >= 11 is 0. The smallest absolute Gasteiger partial charge is 0.221 e. The number of nitrogens with one attached hydrogen (secondary N) is 1. The Morgan fingerprint density at radius 3 is 2.52 bits per heavy atom. The van der Waals surface area contributed by atoms with E-state index in [1.807, 2.05) is 24.3 Å². The molecule has 4 nitrogen and oxygen atoms in total. The average Bonchev–Trinajstić information content (AvgIpc) is 3.38. The number of aliphatic hydroxyl groups is 1. The van der Waals surface area contributed by atoms with Crippen molar-refractivity contribution in [1.29, 1.82) is 0 Å². The molecule has 4 N–H and O–H groups in total. The number of nitrogens with two attached hydrogens (primary N) is 1. The van der Waals surface area contributed by atoms with E-state index in [9.17, 15) is 18.7 Å². The number of rotatable bonds is 9. The highest BCUT2D eigenvalue weighted by molar-refractivity contribution is 5.76. The summed E-state index contributed by atoms with van der Waals surface area (Å²) in [5.74, 6) is -1.62. The monoisotopic (exact) mass is 373 g/mol. The highest BCUT2D eigenvalue weighted by Gasteiger charge is 2.44. The second-order valence-corrected chi connectivity index (χ2v) is 7.09. The normalized spacial score (nSPS) is 16.1. The minimum atomic E-state index is -0.748. The number of hydrogen-bond donors (Lipinski definition) is 3. The number of benzene rings is 2. The second kappa shape index (κ2) is 8.15. The largest absolute Gasteiger partial charge is 0.391 e. The predicted octanol–water partition coefficient (Wildman–Crippen LogP) is 2.38. The summed E-state index contributed by atoms with van der Waals surface area (Å²) in [7, 11) is 0. The van der Waals surface area contributed by atoms with Crippen molar-refractivity contribution in [3.63, 3.8) is 0 Å². The highest BCUT2D eigenvalue weighted by atomic mass is 19.1. The number of hydrogen-bond acceptors (Lipinski definition) is 3. The van der Waals surface area contributed by atoms with Crippen LogP contribution in [0.15, 0.2) is 42.5 Å². The molecule has 1 fully saturated rings. The third-order valence-corrected chi connectivity index (χ3v) is 4.81. The molecule has 0 aliphatic heterocycles. The topological polar surface area (TPSA) is 75.4 Å². The number of carbonyl (C=O) groups is 1. The van der Waals surface area contributed by atoms with E-state index in [1.54, 1.807) is 6.42 Å². The van der Waals surface area contributed by atoms with E-state index in [0.717, 1.165) is 30.0 Å². The molecular weight excluding hydrogens is 350 g/mol. The Morgan fingerprint density at radius 2 is 1.89 bits per heavy atom. The molecule has 0 spiro atoms. The van der Waals surface area contributed by atoms with Gasteiger partial charge in [0.15, 0.2) is 0 Å². The van der Waals surface area contributed by atoms with Gasteiger partial charge in [0, 0.05) is 18.2 Å². The first kappa shape index (κ1) is 19.5. The maximum atomic E-state index is 13.2. The van der Waals surface area contributed by atoms with Crippen LogP contribution in [-0.4, -0.2) is 23.7 Å². The van der Waals surface area contributed by atoms with Gasteiger partial charge in [-0.25, -0.2) is 8.78 Å². The summed E-state index contributed by atoms with van der Waals surface area (Å²) in [4.78, 5) is 11.1. The van der Waals surface area contributed by atoms with Crippen LogP contribution >= 0.6 is 0 Å². The van der Waals surface area contributed by atoms with Gasteiger partial charge in [0.1, 0.15) is 11.6 Å². The molecule has 0 aromatic heterocycles. The molecule has 1 saturated carbocycles. The Morgan fingerprint density at radius 1 is 1.19 bits per heavy atom. The Balaban J connectivity index is 1.53. The standard InChI is InChI=1S/C21H23F2N2O2/c22-17-9-15(10-18(23)12-17)4-5-19(26)13-25-21(6-7-21)16-3-1-2-14(8-16)11-20(24)27/h1-3,5,8-10,12,19,25-26H,4,6-7,11,13H2,(H2,24,27). The maximum absolute atomic E-state index is 13.2. The van der Waals surface area contributed by atoms with Crippen molar-refractivity contribution in [3.8, 4) is 0 Å². The Bertz CT molecular complexity index is 801. The van der Waals surface area contributed by atoms with Gasteiger partial charge < -0.3 is 16.2 Å². The Kier molecular flexibility index (Phi) is 5.87. The molecule has 1 amide bonds. The van der Waals surface area contributed by atoms with Crippen molar-refractivity contribution in [2.24, 2.45) is 5.73 Å². The molecule has 1 aliphatic rings. The van der Waals surface area contributed by atoms with Crippen molar-refractivity contribution in [1.82, 2.24) is 5.32 Å². The van der Waals surface area contributed by atoms with Crippen molar-refractivity contribution in [3.05, 3.63) is 77.2 Å². The van der Waals surface area contributed by atoms with Crippen molar-refractivity contribution in [2.75, 3.05) is 6.54 Å². The van der Waals surface area contributed by atoms with Crippen LogP contribution in [0.4, 0.5) is 8.78 Å². The fraction of sp³-hybridized carbons (Fsp3) is 0.333. The molecule has 1 radical (unpaired) electrons. The van der Waals surface area contributed by atoms with Gasteiger partial charge in [0.2, 0.25) is 5.91 Å². The van der Waals surface area contributed by atoms with Crippen LogP contribution < -0.4 is 11.1 Å². The molecule has 2 aromatic carbocycles. The Hall–Kier alpha value is -2.31. The average molecular weight is 373 g/mol. The lowest BCUT2D eigenvalue weighted by molar-refractivity contribution is -0.117. The first-order chi connectivity index (χ1) is 12.9. The zero-order chi connectivity index (χ0) is 19.4. The summed E-state index contributed by atoms with van der Waals surface area (Å²) < 4.78 is 26.4. The molecule has 1 unspecified atom stereocenters. The quantitative estimate of drug-likeness (QED) is 0.632. The van der Waals surface area contributed by atoms with E-state index < -0.39 is 17.7 Å². The predicted molar refractivity (Wildman–Crippen MR) is 98.6 cm³/mol. The van der Waals surface area contributed by atoms with E-state index in [2.05, 4.69) is 5.32 Å². The minimum Gasteiger partial charge on any atom is -0.391 e. The molecule has 0 heterocycles. The number of amides is 1. The first-order valence-electron chi connectivity index (χ1n) is 8.95. The lowest BCUT2D eigenvalue weighted by Crippen LogP contribution is -2.36. The zero-order valence-corrected chi connectivity index (χ0v) is 14.9. The number of aliphatic hydroxyl groups excluding tert-OH is 1. The number of primary amides is 1. The summed E-state index contributed by atoms with van der Waals surface area (Å²) in [5.41, 5.74) is 7.48. The van der Waals surface area contributed by atoms with Gasteiger partial charge in [-0.05, 0) is 54.5 Å². The second-order valence-electron chi connectivity index (χ2n) is 7.09. The van der Waals surface area contributed by atoms with Crippen molar-refractivity contribution < 1.29 is 18.7 Å². The van der Waals surface area contributed by atoms with E-state index in [-0.39, 0.29) is 24.3 Å². The van der Waals surface area contributed by atoms with Gasteiger partial charge in [-0.15, -0.1) is 0 Å². The summed E-state index contributed by atoms with van der Waals surface area (Å²) in [6.45, 7) is 0.331. The van der Waals surface area contributed by atoms with Gasteiger partial charge in [-0.3, -0.25) is 4.79 Å². The highest BCUT2D eigenvalue weighted by Crippen LogP contribution is 2.45. The van der Waals surface area contributed by atoms with Crippen LogP contribution in [0.3, 0.4) is 0 Å². The van der Waals surface area contributed by atoms with Crippen LogP contribution in [0, 0.1) is 18.1 Å². The fourth-order valence-electron chi connectivity index (χ4n) is 3.26. The zero-order valence-electron chi connectivity index (χ0n) is 14.9. The van der Waals surface area contributed by atoms with Crippen LogP contribution in [0.1, 0.15) is 29.5 Å². The summed E-state index contributed by atoms with van der Waals surface area (Å²) in [6.07, 6.45) is 3.23. The molecule has 143 valence electrons. The molecule has 6 heteroatoms. The van der Waals surface area contributed by atoms with Crippen LogP contribution in [0.2, 0.25) is 0 Å². The van der Waals surface area contributed by atoms with E-state index >= 15 is 0 Å².